The smallest absolute Gasteiger partial charge is 0.262 e. The Labute approximate surface area is 151 Å². The molecule has 0 aliphatic carbocycles. The molecule has 1 aliphatic rings. The highest BCUT2D eigenvalue weighted by atomic mass is 16.5. The number of carbonyl (C=O) groups excluding carboxylic acids is 3. The van der Waals surface area contributed by atoms with Crippen LogP contribution < -0.4 is 10.1 Å². The van der Waals surface area contributed by atoms with Gasteiger partial charge in [-0.2, -0.15) is 0 Å². The molecule has 2 aromatic carbocycles. The summed E-state index contributed by atoms with van der Waals surface area (Å²) in [6, 6.07) is 12.5. The molecule has 6 heteroatoms. The minimum absolute atomic E-state index is 0.287. The molecule has 1 heterocycles. The zero-order valence-electron chi connectivity index (χ0n) is 14.7. The van der Waals surface area contributed by atoms with Crippen molar-refractivity contribution >= 4 is 17.7 Å². The average Bonchev–Trinajstić information content (AvgIpc) is 2.83. The van der Waals surface area contributed by atoms with Crippen LogP contribution in [-0.2, 0) is 4.79 Å². The van der Waals surface area contributed by atoms with E-state index in [0.29, 0.717) is 17.7 Å². The lowest BCUT2D eigenvalue weighted by Gasteiger charge is -2.14. The molecule has 134 valence electrons. The van der Waals surface area contributed by atoms with Crippen LogP contribution in [0, 0.1) is 13.8 Å². The van der Waals surface area contributed by atoms with Crippen molar-refractivity contribution in [2.45, 2.75) is 13.8 Å². The van der Waals surface area contributed by atoms with Gasteiger partial charge in [0.2, 0.25) is 5.91 Å². The van der Waals surface area contributed by atoms with E-state index in [9.17, 15) is 14.4 Å². The van der Waals surface area contributed by atoms with Crippen molar-refractivity contribution in [3.63, 3.8) is 0 Å². The molecule has 0 radical (unpaired) electrons. The maximum atomic E-state index is 12.2. The first kappa shape index (κ1) is 17.7. The Bertz CT molecular complexity index is 821. The van der Waals surface area contributed by atoms with Gasteiger partial charge in [-0.1, -0.05) is 18.2 Å². The largest absolute Gasteiger partial charge is 0.492 e. The lowest BCUT2D eigenvalue weighted by Crippen LogP contribution is -2.41. The third kappa shape index (κ3) is 3.74. The quantitative estimate of drug-likeness (QED) is 0.638. The lowest BCUT2D eigenvalue weighted by atomic mass is 10.1. The monoisotopic (exact) mass is 352 g/mol. The molecule has 0 unspecified atom stereocenters. The van der Waals surface area contributed by atoms with E-state index < -0.39 is 17.7 Å². The molecular formula is C20H20N2O4. The Kier molecular flexibility index (Phi) is 5.02. The molecule has 0 fully saturated rings. The van der Waals surface area contributed by atoms with Crippen LogP contribution in [0.2, 0.25) is 0 Å². The third-order valence-corrected chi connectivity index (χ3v) is 4.07. The number of fused-ring (bicyclic) bond motifs is 1. The van der Waals surface area contributed by atoms with E-state index >= 15 is 0 Å². The molecule has 0 saturated carbocycles. The van der Waals surface area contributed by atoms with Gasteiger partial charge in [0.15, 0.2) is 0 Å². The van der Waals surface area contributed by atoms with Crippen LogP contribution in [0.3, 0.4) is 0 Å². The van der Waals surface area contributed by atoms with Gasteiger partial charge in [-0.15, -0.1) is 0 Å². The highest BCUT2D eigenvalue weighted by molar-refractivity contribution is 6.22. The molecule has 26 heavy (non-hydrogen) atoms. The first-order chi connectivity index (χ1) is 12.5. The Morgan fingerprint density at radius 1 is 1.00 bits per heavy atom. The predicted molar refractivity (Wildman–Crippen MR) is 96.2 cm³/mol. The van der Waals surface area contributed by atoms with Crippen molar-refractivity contribution in [2.24, 2.45) is 0 Å². The number of imide groups is 1. The predicted octanol–water partition coefficient (Wildman–Crippen LogP) is 2.09. The summed E-state index contributed by atoms with van der Waals surface area (Å²) in [5.74, 6) is -0.528. The fourth-order valence-electron chi connectivity index (χ4n) is 2.96. The van der Waals surface area contributed by atoms with E-state index in [1.54, 1.807) is 24.3 Å². The highest BCUT2D eigenvalue weighted by Crippen LogP contribution is 2.21. The van der Waals surface area contributed by atoms with Crippen LogP contribution >= 0.6 is 0 Å². The summed E-state index contributed by atoms with van der Waals surface area (Å²) in [6.45, 7) is 4.27. The number of hydrogen-bond donors (Lipinski definition) is 1. The lowest BCUT2D eigenvalue weighted by molar-refractivity contribution is -0.121. The minimum atomic E-state index is -0.438. The zero-order chi connectivity index (χ0) is 18.7. The van der Waals surface area contributed by atoms with Gasteiger partial charge < -0.3 is 10.1 Å². The van der Waals surface area contributed by atoms with Crippen LogP contribution in [0.4, 0.5) is 0 Å². The van der Waals surface area contributed by atoms with Crippen molar-refractivity contribution in [3.8, 4) is 5.75 Å². The first-order valence-corrected chi connectivity index (χ1v) is 8.39. The number of hydrogen-bond acceptors (Lipinski definition) is 4. The number of amides is 3. The maximum absolute atomic E-state index is 12.2. The second-order valence-electron chi connectivity index (χ2n) is 6.26. The molecule has 0 atom stereocenters. The van der Waals surface area contributed by atoms with Crippen LogP contribution in [0.5, 0.6) is 5.75 Å². The molecule has 0 spiro atoms. The third-order valence-electron chi connectivity index (χ3n) is 4.07. The molecule has 3 rings (SSSR count). The SMILES string of the molecule is Cc1cc(C)cc(OCCNC(=O)CN2C(=O)c3ccccc3C2=O)c1. The standard InChI is InChI=1S/C20H20N2O4/c1-13-9-14(2)11-15(10-13)26-8-7-21-18(23)12-22-19(24)16-5-3-4-6-17(16)20(22)25/h3-6,9-11H,7-8,12H2,1-2H3,(H,21,23). The van der Waals surface area contributed by atoms with Gasteiger partial charge in [0.1, 0.15) is 18.9 Å². The number of benzene rings is 2. The number of nitrogens with one attached hydrogen (secondary N) is 1. The van der Waals surface area contributed by atoms with Crippen molar-refractivity contribution in [2.75, 3.05) is 19.7 Å². The normalized spacial score (nSPS) is 12.9. The zero-order valence-corrected chi connectivity index (χ0v) is 14.7. The van der Waals surface area contributed by atoms with Crippen LogP contribution in [-0.4, -0.2) is 42.3 Å². The van der Waals surface area contributed by atoms with E-state index in [2.05, 4.69) is 11.4 Å². The van der Waals surface area contributed by atoms with Gasteiger partial charge in [0.05, 0.1) is 17.7 Å². The summed E-state index contributed by atoms with van der Waals surface area (Å²) < 4.78 is 5.62. The van der Waals surface area contributed by atoms with Gasteiger partial charge in [-0.25, -0.2) is 0 Å². The number of rotatable bonds is 6. The first-order valence-electron chi connectivity index (χ1n) is 8.39. The molecule has 1 N–H and O–H groups in total. The average molecular weight is 352 g/mol. The Balaban J connectivity index is 1.48. The van der Waals surface area contributed by atoms with E-state index in [0.717, 1.165) is 21.8 Å². The fourth-order valence-corrected chi connectivity index (χ4v) is 2.96. The summed E-state index contributed by atoms with van der Waals surface area (Å²) in [5.41, 5.74) is 2.89. The second-order valence-corrected chi connectivity index (χ2v) is 6.26. The summed E-state index contributed by atoms with van der Waals surface area (Å²) in [6.07, 6.45) is 0. The van der Waals surface area contributed by atoms with Crippen LogP contribution in [0.15, 0.2) is 42.5 Å². The van der Waals surface area contributed by atoms with Gasteiger partial charge in [0.25, 0.3) is 11.8 Å². The summed E-state index contributed by atoms with van der Waals surface area (Å²) >= 11 is 0. The molecule has 2 aromatic rings. The van der Waals surface area contributed by atoms with Gasteiger partial charge in [-0.3, -0.25) is 19.3 Å². The van der Waals surface area contributed by atoms with E-state index in [-0.39, 0.29) is 13.1 Å². The van der Waals surface area contributed by atoms with Gasteiger partial charge in [-0.05, 0) is 49.2 Å². The van der Waals surface area contributed by atoms with E-state index in [1.165, 1.54) is 0 Å². The number of nitrogens with zero attached hydrogens (tertiary/aromatic N) is 1. The van der Waals surface area contributed by atoms with E-state index in [4.69, 9.17) is 4.74 Å². The van der Waals surface area contributed by atoms with Crippen LogP contribution in [0.25, 0.3) is 0 Å². The Morgan fingerprint density at radius 2 is 1.58 bits per heavy atom. The van der Waals surface area contributed by atoms with Crippen molar-refractivity contribution in [1.82, 2.24) is 10.2 Å². The fraction of sp³-hybridized carbons (Fsp3) is 0.250. The minimum Gasteiger partial charge on any atom is -0.492 e. The molecule has 1 aliphatic heterocycles. The number of ether oxygens (including phenoxy) is 1. The van der Waals surface area contributed by atoms with Gasteiger partial charge >= 0.3 is 0 Å². The Morgan fingerprint density at radius 3 is 2.15 bits per heavy atom. The van der Waals surface area contributed by atoms with Crippen molar-refractivity contribution in [3.05, 3.63) is 64.7 Å². The molecule has 0 bridgehead atoms. The molecule has 3 amide bonds. The molecular weight excluding hydrogens is 332 g/mol. The van der Waals surface area contributed by atoms with Gasteiger partial charge in [0, 0.05) is 0 Å². The van der Waals surface area contributed by atoms with E-state index in [1.807, 2.05) is 26.0 Å². The summed E-state index contributed by atoms with van der Waals surface area (Å²) in [7, 11) is 0. The summed E-state index contributed by atoms with van der Waals surface area (Å²) in [4.78, 5) is 37.5. The summed E-state index contributed by atoms with van der Waals surface area (Å²) in [5, 5.41) is 2.67. The molecule has 6 nitrogen and oxygen atoms in total. The maximum Gasteiger partial charge on any atom is 0.262 e. The second kappa shape index (κ2) is 7.39. The van der Waals surface area contributed by atoms with Crippen molar-refractivity contribution < 1.29 is 19.1 Å². The highest BCUT2D eigenvalue weighted by Gasteiger charge is 2.36. The Hall–Kier alpha value is -3.15. The molecule has 0 aromatic heterocycles. The number of carbonyl (C=O) groups is 3. The molecule has 0 saturated heterocycles. The number of aryl methyl sites for hydroxylation is 2. The van der Waals surface area contributed by atoms with Crippen molar-refractivity contribution in [1.29, 1.82) is 0 Å². The topological polar surface area (TPSA) is 75.7 Å². The van der Waals surface area contributed by atoms with Crippen LogP contribution in [0.1, 0.15) is 31.8 Å².